The number of hydrogen-bond acceptors (Lipinski definition) is 3. The maximum Gasteiger partial charge on any atom is 0.242 e. The molecule has 1 aliphatic carbocycles. The van der Waals surface area contributed by atoms with Gasteiger partial charge in [-0.2, -0.15) is 0 Å². The molecule has 0 radical (unpaired) electrons. The van der Waals surface area contributed by atoms with Gasteiger partial charge in [0.1, 0.15) is 11.9 Å². The third-order valence-electron chi connectivity index (χ3n) is 5.90. The highest BCUT2D eigenvalue weighted by Crippen LogP contribution is 2.33. The number of benzene rings is 1. The molecule has 1 saturated carbocycles. The maximum atomic E-state index is 12.7. The molecular formula is C21H28N4O2. The molecule has 144 valence electrons. The molecule has 6 nitrogen and oxygen atoms in total. The molecular weight excluding hydrogens is 340 g/mol. The fourth-order valence-electron chi connectivity index (χ4n) is 3.94. The van der Waals surface area contributed by atoms with Crippen LogP contribution in [0.5, 0.6) is 0 Å². The van der Waals surface area contributed by atoms with Crippen LogP contribution in [0.1, 0.15) is 49.1 Å². The topological polar surface area (TPSA) is 78.1 Å². The number of amides is 2. The number of H-pyrrole nitrogens is 1. The molecule has 1 saturated heterocycles. The second-order valence-electron chi connectivity index (χ2n) is 7.95. The van der Waals surface area contributed by atoms with Crippen LogP contribution in [0.4, 0.5) is 0 Å². The maximum absolute atomic E-state index is 12.7. The number of aromatic nitrogens is 2. The molecule has 1 unspecified atom stereocenters. The van der Waals surface area contributed by atoms with Crippen LogP contribution in [0, 0.1) is 19.8 Å². The van der Waals surface area contributed by atoms with Crippen LogP contribution in [0.3, 0.4) is 0 Å². The fourth-order valence-corrected chi connectivity index (χ4v) is 3.94. The van der Waals surface area contributed by atoms with Crippen molar-refractivity contribution in [1.82, 2.24) is 20.2 Å². The van der Waals surface area contributed by atoms with Crippen LogP contribution < -0.4 is 5.32 Å². The number of piperidine rings is 1. The first-order chi connectivity index (χ1) is 13.0. The summed E-state index contributed by atoms with van der Waals surface area (Å²) in [4.78, 5) is 35.0. The molecule has 2 aromatic rings. The summed E-state index contributed by atoms with van der Waals surface area (Å²) >= 11 is 0. The number of carbonyl (C=O) groups excluding carboxylic acids is 2. The van der Waals surface area contributed by atoms with E-state index in [4.69, 9.17) is 0 Å². The number of rotatable bonds is 5. The Labute approximate surface area is 159 Å². The number of aromatic amines is 1. The van der Waals surface area contributed by atoms with Gasteiger partial charge < -0.3 is 15.2 Å². The molecule has 2 amide bonds. The van der Waals surface area contributed by atoms with Crippen molar-refractivity contribution in [2.45, 2.75) is 58.4 Å². The summed E-state index contributed by atoms with van der Waals surface area (Å²) in [5.41, 5.74) is 4.46. The van der Waals surface area contributed by atoms with Crippen molar-refractivity contribution in [3.8, 4) is 0 Å². The zero-order valence-electron chi connectivity index (χ0n) is 16.2. The van der Waals surface area contributed by atoms with Gasteiger partial charge in [-0.15, -0.1) is 0 Å². The number of hydrogen-bond donors (Lipinski definition) is 2. The van der Waals surface area contributed by atoms with Gasteiger partial charge in [-0.05, 0) is 63.1 Å². The average Bonchev–Trinajstić information content (AvgIpc) is 3.44. The van der Waals surface area contributed by atoms with Gasteiger partial charge in [0.15, 0.2) is 0 Å². The Morgan fingerprint density at radius 3 is 2.81 bits per heavy atom. The monoisotopic (exact) mass is 368 g/mol. The van der Waals surface area contributed by atoms with Crippen LogP contribution in [0.25, 0.3) is 11.0 Å². The summed E-state index contributed by atoms with van der Waals surface area (Å²) in [5.74, 6) is 1.21. The van der Waals surface area contributed by atoms with E-state index in [1.54, 1.807) is 0 Å². The Bertz CT molecular complexity index is 868. The Morgan fingerprint density at radius 2 is 2.04 bits per heavy atom. The summed E-state index contributed by atoms with van der Waals surface area (Å²) in [5, 5.41) is 3.02. The molecule has 2 aliphatic rings. The van der Waals surface area contributed by atoms with E-state index in [0.29, 0.717) is 13.0 Å². The van der Waals surface area contributed by atoms with Gasteiger partial charge in [-0.3, -0.25) is 9.59 Å². The molecule has 2 N–H and O–H groups in total. The molecule has 27 heavy (non-hydrogen) atoms. The standard InChI is InChI=1S/C21H28N4O2/c1-13-6-9-16-19(14(13)2)24-18(23-16)10-11-22-20(26)17-5-3-4-12-25(17)21(27)15-7-8-15/h6,9,15,17H,3-5,7-8,10-12H2,1-2H3,(H,22,26)(H,23,24). The number of nitrogens with one attached hydrogen (secondary N) is 2. The van der Waals surface area contributed by atoms with Gasteiger partial charge in [-0.1, -0.05) is 6.07 Å². The number of carbonyl (C=O) groups is 2. The third kappa shape index (κ3) is 3.70. The number of aryl methyl sites for hydroxylation is 2. The normalized spacial score (nSPS) is 20.1. The van der Waals surface area contributed by atoms with E-state index in [1.165, 1.54) is 11.1 Å². The van der Waals surface area contributed by atoms with Gasteiger partial charge in [0.25, 0.3) is 0 Å². The summed E-state index contributed by atoms with van der Waals surface area (Å²) < 4.78 is 0. The molecule has 2 fully saturated rings. The van der Waals surface area contributed by atoms with Gasteiger partial charge >= 0.3 is 0 Å². The quantitative estimate of drug-likeness (QED) is 0.852. The van der Waals surface area contributed by atoms with E-state index < -0.39 is 0 Å². The lowest BCUT2D eigenvalue weighted by atomic mass is 10.0. The first kappa shape index (κ1) is 18.0. The molecule has 1 atom stereocenters. The van der Waals surface area contributed by atoms with Crippen molar-refractivity contribution >= 4 is 22.8 Å². The van der Waals surface area contributed by atoms with E-state index in [2.05, 4.69) is 41.3 Å². The van der Waals surface area contributed by atoms with E-state index in [1.807, 2.05) is 4.90 Å². The molecule has 1 aromatic heterocycles. The molecule has 1 aromatic carbocycles. The number of fused-ring (bicyclic) bond motifs is 1. The molecule has 0 bridgehead atoms. The summed E-state index contributed by atoms with van der Waals surface area (Å²) in [7, 11) is 0. The lowest BCUT2D eigenvalue weighted by Crippen LogP contribution is -2.52. The minimum absolute atomic E-state index is 0.0214. The highest BCUT2D eigenvalue weighted by Gasteiger charge is 2.39. The predicted octanol–water partition coefficient (Wildman–Crippen LogP) is 2.63. The van der Waals surface area contributed by atoms with E-state index in [-0.39, 0.29) is 23.8 Å². The van der Waals surface area contributed by atoms with Gasteiger partial charge in [0, 0.05) is 25.4 Å². The first-order valence-corrected chi connectivity index (χ1v) is 10.1. The van der Waals surface area contributed by atoms with E-state index in [9.17, 15) is 9.59 Å². The van der Waals surface area contributed by atoms with Crippen molar-refractivity contribution in [3.63, 3.8) is 0 Å². The minimum atomic E-state index is -0.299. The largest absolute Gasteiger partial charge is 0.354 e. The van der Waals surface area contributed by atoms with Crippen LogP contribution in [0.15, 0.2) is 12.1 Å². The predicted molar refractivity (Wildman–Crippen MR) is 104 cm³/mol. The lowest BCUT2D eigenvalue weighted by Gasteiger charge is -2.34. The molecule has 6 heteroatoms. The van der Waals surface area contributed by atoms with Crippen LogP contribution in [0.2, 0.25) is 0 Å². The van der Waals surface area contributed by atoms with Gasteiger partial charge in [0.2, 0.25) is 11.8 Å². The Hall–Kier alpha value is -2.37. The van der Waals surface area contributed by atoms with Crippen molar-refractivity contribution in [3.05, 3.63) is 29.1 Å². The first-order valence-electron chi connectivity index (χ1n) is 10.1. The fraction of sp³-hybridized carbons (Fsp3) is 0.571. The Kier molecular flexibility index (Phi) is 4.89. The van der Waals surface area contributed by atoms with Gasteiger partial charge in [-0.25, -0.2) is 4.98 Å². The second-order valence-corrected chi connectivity index (χ2v) is 7.95. The lowest BCUT2D eigenvalue weighted by molar-refractivity contribution is -0.143. The molecule has 2 heterocycles. The molecule has 1 aliphatic heterocycles. The SMILES string of the molecule is Cc1ccc2[nH]c(CCNC(=O)C3CCCCN3C(=O)C3CC3)nc2c1C. The zero-order chi connectivity index (χ0) is 19.0. The van der Waals surface area contributed by atoms with Crippen molar-refractivity contribution in [2.24, 2.45) is 5.92 Å². The molecule has 4 rings (SSSR count). The summed E-state index contributed by atoms with van der Waals surface area (Å²) in [6, 6.07) is 3.85. The zero-order valence-corrected chi connectivity index (χ0v) is 16.2. The highest BCUT2D eigenvalue weighted by molar-refractivity contribution is 5.89. The average molecular weight is 368 g/mol. The van der Waals surface area contributed by atoms with Crippen molar-refractivity contribution < 1.29 is 9.59 Å². The smallest absolute Gasteiger partial charge is 0.242 e. The third-order valence-corrected chi connectivity index (χ3v) is 5.90. The van der Waals surface area contributed by atoms with Crippen LogP contribution in [-0.2, 0) is 16.0 Å². The van der Waals surface area contributed by atoms with Crippen LogP contribution >= 0.6 is 0 Å². The van der Waals surface area contributed by atoms with Gasteiger partial charge in [0.05, 0.1) is 11.0 Å². The number of likely N-dealkylation sites (tertiary alicyclic amines) is 1. The molecule has 0 spiro atoms. The Morgan fingerprint density at radius 1 is 1.22 bits per heavy atom. The summed E-state index contributed by atoms with van der Waals surface area (Å²) in [6.45, 7) is 5.41. The number of nitrogens with zero attached hydrogens (tertiary/aromatic N) is 2. The van der Waals surface area contributed by atoms with Crippen LogP contribution in [-0.4, -0.2) is 45.8 Å². The second kappa shape index (κ2) is 7.33. The highest BCUT2D eigenvalue weighted by atomic mass is 16.2. The van der Waals surface area contributed by atoms with E-state index >= 15 is 0 Å². The Balaban J connectivity index is 1.36. The van der Waals surface area contributed by atoms with E-state index in [0.717, 1.165) is 55.5 Å². The number of imidazole rings is 1. The van der Waals surface area contributed by atoms with Crippen molar-refractivity contribution in [2.75, 3.05) is 13.1 Å². The minimum Gasteiger partial charge on any atom is -0.354 e. The van der Waals surface area contributed by atoms with Crippen molar-refractivity contribution in [1.29, 1.82) is 0 Å². The summed E-state index contributed by atoms with van der Waals surface area (Å²) in [6.07, 6.45) is 5.40.